The van der Waals surface area contributed by atoms with Gasteiger partial charge in [0.2, 0.25) is 0 Å². The first-order valence-electron chi connectivity index (χ1n) is 12.1. The Kier molecular flexibility index (Phi) is 12.4. The number of carbonyl (C=O) groups is 2. The topological polar surface area (TPSA) is 82.2 Å². The normalized spacial score (nSPS) is 14.3. The number of anilines is 1. The molecule has 5 heteroatoms. The van der Waals surface area contributed by atoms with E-state index >= 15 is 0 Å². The van der Waals surface area contributed by atoms with Crippen LogP contribution in [0.15, 0.2) is 66.9 Å². The summed E-state index contributed by atoms with van der Waals surface area (Å²) in [6.45, 7) is 1.98. The fourth-order valence-corrected chi connectivity index (χ4v) is 3.87. The minimum atomic E-state index is -0.933. The molecule has 0 spiro atoms. The zero-order valence-corrected chi connectivity index (χ0v) is 19.7. The van der Waals surface area contributed by atoms with Gasteiger partial charge in [0.05, 0.1) is 0 Å². The maximum absolute atomic E-state index is 11.0. The Hall–Kier alpha value is -3.08. The standard InChI is InChI=1S/C28H38N2O3/c1-23(22-31)10-5-2-3-6-13-25(16-15-24-11-7-4-8-12-24)17-18-26(19-20-28(32)33)30-27-14-9-21-29-27/h4,7-9,11-12,14-16,19-23,25-26,29-30H,2-3,5-6,10,13,17-18H2,1H3,(H,32,33). The van der Waals surface area contributed by atoms with Gasteiger partial charge in [0.25, 0.3) is 0 Å². The Morgan fingerprint density at radius 2 is 1.73 bits per heavy atom. The summed E-state index contributed by atoms with van der Waals surface area (Å²) in [6, 6.07) is 14.1. The number of aldehydes is 1. The zero-order valence-electron chi connectivity index (χ0n) is 19.7. The molecule has 0 aliphatic heterocycles. The van der Waals surface area contributed by atoms with Crippen molar-refractivity contribution in [1.29, 1.82) is 0 Å². The van der Waals surface area contributed by atoms with Gasteiger partial charge < -0.3 is 20.2 Å². The molecule has 2 aromatic rings. The largest absolute Gasteiger partial charge is 0.478 e. The smallest absolute Gasteiger partial charge is 0.328 e. The Balaban J connectivity index is 1.92. The van der Waals surface area contributed by atoms with Crippen LogP contribution in [0.5, 0.6) is 0 Å². The number of allylic oxidation sites excluding steroid dienone is 1. The summed E-state index contributed by atoms with van der Waals surface area (Å²) in [5.74, 6) is 0.536. The summed E-state index contributed by atoms with van der Waals surface area (Å²) >= 11 is 0. The van der Waals surface area contributed by atoms with Crippen LogP contribution in [0.4, 0.5) is 5.82 Å². The highest BCUT2D eigenvalue weighted by Crippen LogP contribution is 2.22. The van der Waals surface area contributed by atoms with E-state index in [1.54, 1.807) is 6.08 Å². The van der Waals surface area contributed by atoms with Crippen LogP contribution < -0.4 is 5.32 Å². The highest BCUT2D eigenvalue weighted by Gasteiger charge is 2.11. The van der Waals surface area contributed by atoms with Crippen LogP contribution in [0.1, 0.15) is 63.9 Å². The quantitative estimate of drug-likeness (QED) is 0.142. The number of aromatic nitrogens is 1. The fourth-order valence-electron chi connectivity index (χ4n) is 3.87. The van der Waals surface area contributed by atoms with Gasteiger partial charge in [-0.15, -0.1) is 0 Å². The number of nitrogens with one attached hydrogen (secondary N) is 2. The second-order valence-electron chi connectivity index (χ2n) is 8.74. The van der Waals surface area contributed by atoms with Crippen LogP contribution in [0.3, 0.4) is 0 Å². The number of benzene rings is 1. The third-order valence-corrected chi connectivity index (χ3v) is 5.84. The third-order valence-electron chi connectivity index (χ3n) is 5.84. The molecule has 0 saturated carbocycles. The van der Waals surface area contributed by atoms with E-state index in [0.29, 0.717) is 5.92 Å². The molecule has 3 unspecified atom stereocenters. The number of rotatable bonds is 17. The number of unbranched alkanes of at least 4 members (excludes halogenated alkanes) is 3. The van der Waals surface area contributed by atoms with Crippen LogP contribution in [-0.2, 0) is 9.59 Å². The highest BCUT2D eigenvalue weighted by molar-refractivity contribution is 5.79. The average Bonchev–Trinajstić information content (AvgIpc) is 3.34. The first-order chi connectivity index (χ1) is 16.1. The minimum Gasteiger partial charge on any atom is -0.478 e. The van der Waals surface area contributed by atoms with Crippen LogP contribution in [0.25, 0.3) is 6.08 Å². The number of H-pyrrole nitrogens is 1. The molecule has 33 heavy (non-hydrogen) atoms. The fraction of sp³-hybridized carbons (Fsp3) is 0.429. The Bertz CT molecular complexity index is 843. The molecule has 1 aromatic heterocycles. The van der Waals surface area contributed by atoms with E-state index in [4.69, 9.17) is 5.11 Å². The van der Waals surface area contributed by atoms with Crippen molar-refractivity contribution in [3.05, 3.63) is 72.5 Å². The summed E-state index contributed by atoms with van der Waals surface area (Å²) in [5, 5.41) is 12.4. The van der Waals surface area contributed by atoms with E-state index in [-0.39, 0.29) is 12.0 Å². The molecular formula is C28H38N2O3. The molecule has 5 nitrogen and oxygen atoms in total. The molecule has 0 bridgehead atoms. The third kappa shape index (κ3) is 11.9. The monoisotopic (exact) mass is 450 g/mol. The van der Waals surface area contributed by atoms with Gasteiger partial charge in [-0.05, 0) is 49.3 Å². The van der Waals surface area contributed by atoms with Crippen molar-refractivity contribution in [2.75, 3.05) is 5.32 Å². The molecule has 0 fully saturated rings. The number of hydrogen-bond acceptors (Lipinski definition) is 3. The van der Waals surface area contributed by atoms with Crippen molar-refractivity contribution in [1.82, 2.24) is 4.98 Å². The summed E-state index contributed by atoms with van der Waals surface area (Å²) in [5.41, 5.74) is 1.19. The first-order valence-corrected chi connectivity index (χ1v) is 12.1. The van der Waals surface area contributed by atoms with Crippen molar-refractivity contribution in [2.45, 2.75) is 64.3 Å². The van der Waals surface area contributed by atoms with Gasteiger partial charge in [-0.3, -0.25) is 0 Å². The highest BCUT2D eigenvalue weighted by atomic mass is 16.4. The Morgan fingerprint density at radius 3 is 2.39 bits per heavy atom. The Labute approximate surface area is 198 Å². The number of aromatic amines is 1. The second-order valence-corrected chi connectivity index (χ2v) is 8.74. The van der Waals surface area contributed by atoms with Gasteiger partial charge >= 0.3 is 5.97 Å². The predicted octanol–water partition coefficient (Wildman–Crippen LogP) is 6.72. The molecule has 3 N–H and O–H groups in total. The molecule has 2 rings (SSSR count). The van der Waals surface area contributed by atoms with Crippen LogP contribution >= 0.6 is 0 Å². The van der Waals surface area contributed by atoms with Crippen LogP contribution in [0, 0.1) is 11.8 Å². The van der Waals surface area contributed by atoms with Gasteiger partial charge in [0.15, 0.2) is 0 Å². The van der Waals surface area contributed by atoms with Crippen molar-refractivity contribution in [3.8, 4) is 0 Å². The van der Waals surface area contributed by atoms with Crippen molar-refractivity contribution < 1.29 is 14.7 Å². The molecule has 1 heterocycles. The molecule has 0 aliphatic rings. The zero-order chi connectivity index (χ0) is 23.7. The number of carboxylic acid groups (broad SMARTS) is 1. The summed E-state index contributed by atoms with van der Waals surface area (Å²) in [6.07, 6.45) is 18.8. The molecule has 0 aliphatic carbocycles. The Morgan fingerprint density at radius 1 is 0.970 bits per heavy atom. The molecule has 178 valence electrons. The van der Waals surface area contributed by atoms with E-state index in [0.717, 1.165) is 57.0 Å². The van der Waals surface area contributed by atoms with Gasteiger partial charge in [0.1, 0.15) is 12.1 Å². The lowest BCUT2D eigenvalue weighted by molar-refractivity contribution is -0.131. The van der Waals surface area contributed by atoms with E-state index in [9.17, 15) is 9.59 Å². The lowest BCUT2D eigenvalue weighted by Crippen LogP contribution is -2.18. The molecule has 0 saturated heterocycles. The first kappa shape index (κ1) is 26.2. The number of hydrogen-bond donors (Lipinski definition) is 3. The van der Waals surface area contributed by atoms with Gasteiger partial charge in [0, 0.05) is 24.2 Å². The number of carboxylic acids is 1. The maximum atomic E-state index is 11.0. The average molecular weight is 451 g/mol. The van der Waals surface area contributed by atoms with Crippen molar-refractivity contribution in [3.63, 3.8) is 0 Å². The van der Waals surface area contributed by atoms with Gasteiger partial charge in [-0.2, -0.15) is 0 Å². The van der Waals surface area contributed by atoms with Crippen LogP contribution in [0.2, 0.25) is 0 Å². The lowest BCUT2D eigenvalue weighted by Gasteiger charge is -2.19. The number of aliphatic carboxylic acids is 1. The lowest BCUT2D eigenvalue weighted by atomic mass is 9.92. The van der Waals surface area contributed by atoms with E-state index in [2.05, 4.69) is 34.6 Å². The van der Waals surface area contributed by atoms with E-state index in [1.807, 2.05) is 43.5 Å². The molecular weight excluding hydrogens is 412 g/mol. The second kappa shape index (κ2) is 15.7. The molecule has 0 radical (unpaired) electrons. The summed E-state index contributed by atoms with van der Waals surface area (Å²) in [4.78, 5) is 24.9. The van der Waals surface area contributed by atoms with Crippen molar-refractivity contribution >= 4 is 24.1 Å². The molecule has 1 aromatic carbocycles. The summed E-state index contributed by atoms with van der Waals surface area (Å²) in [7, 11) is 0. The van der Waals surface area contributed by atoms with E-state index < -0.39 is 5.97 Å². The molecule has 3 atom stereocenters. The summed E-state index contributed by atoms with van der Waals surface area (Å²) < 4.78 is 0. The molecule has 0 amide bonds. The number of carbonyl (C=O) groups excluding carboxylic acids is 1. The SMILES string of the molecule is CC(C=O)CCCCCCC(C=Cc1ccccc1)CCC(C=CC(=O)O)Nc1ccc[nH]1. The van der Waals surface area contributed by atoms with Gasteiger partial charge in [-0.1, -0.05) is 81.2 Å². The van der Waals surface area contributed by atoms with Crippen LogP contribution in [-0.4, -0.2) is 28.4 Å². The van der Waals surface area contributed by atoms with E-state index in [1.165, 1.54) is 18.1 Å². The predicted molar refractivity (Wildman–Crippen MR) is 136 cm³/mol. The maximum Gasteiger partial charge on any atom is 0.328 e. The van der Waals surface area contributed by atoms with Crippen molar-refractivity contribution in [2.24, 2.45) is 11.8 Å². The van der Waals surface area contributed by atoms with Gasteiger partial charge in [-0.25, -0.2) is 4.79 Å². The minimum absolute atomic E-state index is 0.0581.